The molecule has 5 N–H and O–H groups in total. The van der Waals surface area contributed by atoms with E-state index in [4.69, 9.17) is 11.7 Å². The maximum absolute atomic E-state index is 14.6. The number of anilines is 1. The standard InChI is InChI=1S/C21H22F4N8O/c1-11(2)33(27)19(31-26)17-5-4-6-18(29-17)30-20(34)15-8-14(12(3)7-16(15)22)13-9-28-32(10-13)21(23,24)25/h4-11H,26-27H2,1-3H3,(H,29,30,34)/b31-19-. The summed E-state index contributed by atoms with van der Waals surface area (Å²) >= 11 is 0. The van der Waals surface area contributed by atoms with Crippen LogP contribution in [-0.4, -0.2) is 37.6 Å². The third-order valence-corrected chi connectivity index (χ3v) is 4.86. The number of amides is 1. The van der Waals surface area contributed by atoms with Crippen LogP contribution in [0.2, 0.25) is 0 Å². The molecule has 2 aromatic heterocycles. The van der Waals surface area contributed by atoms with Gasteiger partial charge in [0.05, 0.1) is 11.8 Å². The number of hydrogen-bond acceptors (Lipinski definition) is 6. The molecule has 13 heteroatoms. The number of carbonyl (C=O) groups is 1. The Bertz CT molecular complexity index is 1240. The summed E-state index contributed by atoms with van der Waals surface area (Å²) in [5.41, 5.74) is 0.502. The van der Waals surface area contributed by atoms with Crippen LogP contribution in [0.1, 0.15) is 35.5 Å². The van der Waals surface area contributed by atoms with Crippen molar-refractivity contribution in [1.29, 1.82) is 0 Å². The van der Waals surface area contributed by atoms with Crippen LogP contribution in [0.25, 0.3) is 11.1 Å². The van der Waals surface area contributed by atoms with Gasteiger partial charge in [-0.05, 0) is 56.2 Å². The Morgan fingerprint density at radius 1 is 1.26 bits per heavy atom. The number of carbonyl (C=O) groups excluding carboxylic acids is 1. The van der Waals surface area contributed by atoms with Gasteiger partial charge >= 0.3 is 6.30 Å². The van der Waals surface area contributed by atoms with Gasteiger partial charge in [0.1, 0.15) is 17.3 Å². The first-order valence-electron chi connectivity index (χ1n) is 9.95. The summed E-state index contributed by atoms with van der Waals surface area (Å²) in [5.74, 6) is 9.90. The van der Waals surface area contributed by atoms with E-state index in [0.29, 0.717) is 5.56 Å². The average Bonchev–Trinajstić information content (AvgIpc) is 3.25. The molecule has 1 amide bonds. The first-order chi connectivity index (χ1) is 15.9. The largest absolute Gasteiger partial charge is 0.504 e. The van der Waals surface area contributed by atoms with Crippen LogP contribution in [0.4, 0.5) is 23.4 Å². The van der Waals surface area contributed by atoms with Crippen LogP contribution in [-0.2, 0) is 6.30 Å². The molecule has 3 rings (SSSR count). The molecule has 0 spiro atoms. The Hall–Kier alpha value is -4.00. The van der Waals surface area contributed by atoms with Crippen LogP contribution < -0.4 is 17.0 Å². The number of hydrazine groups is 1. The van der Waals surface area contributed by atoms with Crippen molar-refractivity contribution < 1.29 is 22.4 Å². The number of nitrogens with one attached hydrogen (secondary N) is 1. The van der Waals surface area contributed by atoms with Gasteiger partial charge in [-0.15, -0.1) is 13.2 Å². The number of nitrogens with zero attached hydrogens (tertiary/aromatic N) is 5. The highest BCUT2D eigenvalue weighted by atomic mass is 19.4. The maximum Gasteiger partial charge on any atom is 0.504 e. The SMILES string of the molecule is Cc1cc(F)c(C(=O)Nc2cccc(/C(=N/N)N(N)C(C)C)n2)cc1-c1cnn(C(F)(F)F)c1. The summed E-state index contributed by atoms with van der Waals surface area (Å²) in [4.78, 5) is 17.1. The minimum absolute atomic E-state index is 0.0622. The van der Waals surface area contributed by atoms with Crippen LogP contribution >= 0.6 is 0 Å². The van der Waals surface area contributed by atoms with E-state index >= 15 is 0 Å². The van der Waals surface area contributed by atoms with Gasteiger partial charge in [0.15, 0.2) is 5.84 Å². The lowest BCUT2D eigenvalue weighted by atomic mass is 9.99. The molecule has 0 fully saturated rings. The zero-order valence-corrected chi connectivity index (χ0v) is 18.4. The van der Waals surface area contributed by atoms with Gasteiger partial charge in [-0.2, -0.15) is 14.9 Å². The first kappa shape index (κ1) is 24.6. The van der Waals surface area contributed by atoms with Gasteiger partial charge < -0.3 is 11.2 Å². The fourth-order valence-electron chi connectivity index (χ4n) is 3.08. The highest BCUT2D eigenvalue weighted by Gasteiger charge is 2.32. The van der Waals surface area contributed by atoms with Crippen LogP contribution in [0, 0.1) is 12.7 Å². The quantitative estimate of drug-likeness (QED) is 0.170. The molecule has 0 radical (unpaired) electrons. The maximum atomic E-state index is 14.6. The van der Waals surface area contributed by atoms with Crippen molar-refractivity contribution in [2.24, 2.45) is 16.8 Å². The third kappa shape index (κ3) is 5.14. The number of aryl methyl sites for hydroxylation is 1. The fourth-order valence-corrected chi connectivity index (χ4v) is 3.08. The van der Waals surface area contributed by atoms with Gasteiger partial charge in [-0.25, -0.2) is 15.2 Å². The van der Waals surface area contributed by atoms with Crippen molar-refractivity contribution in [1.82, 2.24) is 19.8 Å². The Morgan fingerprint density at radius 3 is 2.56 bits per heavy atom. The molecular weight excluding hydrogens is 456 g/mol. The van der Waals surface area contributed by atoms with E-state index in [2.05, 4.69) is 20.5 Å². The van der Waals surface area contributed by atoms with Crippen molar-refractivity contribution in [3.63, 3.8) is 0 Å². The number of halogens is 4. The zero-order chi connectivity index (χ0) is 25.2. The van der Waals surface area contributed by atoms with Gasteiger partial charge in [0.2, 0.25) is 0 Å². The highest BCUT2D eigenvalue weighted by Crippen LogP contribution is 2.29. The molecule has 34 heavy (non-hydrogen) atoms. The smallest absolute Gasteiger partial charge is 0.321 e. The molecule has 0 aliphatic heterocycles. The minimum atomic E-state index is -4.70. The Labute approximate surface area is 192 Å². The molecule has 0 saturated heterocycles. The lowest BCUT2D eigenvalue weighted by Gasteiger charge is -2.23. The van der Waals surface area contributed by atoms with Gasteiger partial charge in [0.25, 0.3) is 5.91 Å². The molecule has 3 aromatic rings. The molecule has 180 valence electrons. The molecule has 0 atom stereocenters. The Balaban J connectivity index is 1.91. The summed E-state index contributed by atoms with van der Waals surface area (Å²) in [6.45, 7) is 5.14. The molecule has 0 unspecified atom stereocenters. The second-order valence-corrected chi connectivity index (χ2v) is 7.60. The molecular formula is C21H22F4N8O. The van der Waals surface area contributed by atoms with E-state index in [9.17, 15) is 22.4 Å². The average molecular weight is 478 g/mol. The number of amidine groups is 1. The summed E-state index contributed by atoms with van der Waals surface area (Å²) in [6.07, 6.45) is -2.96. The van der Waals surface area contributed by atoms with E-state index in [1.807, 2.05) is 13.8 Å². The summed E-state index contributed by atoms with van der Waals surface area (Å²) in [5, 5.41) is 10.7. The van der Waals surface area contributed by atoms with Crippen LogP contribution in [0.3, 0.4) is 0 Å². The van der Waals surface area contributed by atoms with Crippen LogP contribution in [0.15, 0.2) is 47.8 Å². The molecule has 2 heterocycles. The first-order valence-corrected chi connectivity index (χ1v) is 9.95. The number of pyridine rings is 1. The predicted octanol–water partition coefficient (Wildman–Crippen LogP) is 3.33. The number of aromatic nitrogens is 3. The van der Waals surface area contributed by atoms with Crippen molar-refractivity contribution in [2.75, 3.05) is 5.32 Å². The van der Waals surface area contributed by atoms with E-state index in [-0.39, 0.29) is 44.8 Å². The zero-order valence-electron chi connectivity index (χ0n) is 18.4. The number of alkyl halides is 3. The lowest BCUT2D eigenvalue weighted by molar-refractivity contribution is -0.212. The molecule has 9 nitrogen and oxygen atoms in total. The van der Waals surface area contributed by atoms with E-state index in [1.165, 1.54) is 18.0 Å². The molecule has 1 aromatic carbocycles. The number of hydrazone groups is 1. The summed E-state index contributed by atoms with van der Waals surface area (Å²) in [6, 6.07) is 6.68. The molecule has 0 aliphatic carbocycles. The predicted molar refractivity (Wildman–Crippen MR) is 118 cm³/mol. The van der Waals surface area contributed by atoms with Crippen molar-refractivity contribution in [3.05, 3.63) is 65.4 Å². The Kier molecular flexibility index (Phi) is 6.86. The van der Waals surface area contributed by atoms with Gasteiger partial charge in [-0.1, -0.05) is 6.07 Å². The monoisotopic (exact) mass is 478 g/mol. The molecule has 0 saturated carbocycles. The third-order valence-electron chi connectivity index (χ3n) is 4.86. The van der Waals surface area contributed by atoms with Gasteiger partial charge in [0, 0.05) is 17.8 Å². The molecule has 0 bridgehead atoms. The minimum Gasteiger partial charge on any atom is -0.321 e. The van der Waals surface area contributed by atoms with E-state index in [0.717, 1.165) is 24.5 Å². The van der Waals surface area contributed by atoms with Crippen molar-refractivity contribution in [2.45, 2.75) is 33.1 Å². The van der Waals surface area contributed by atoms with E-state index < -0.39 is 18.0 Å². The Morgan fingerprint density at radius 2 is 1.97 bits per heavy atom. The number of rotatable bonds is 5. The topological polar surface area (TPSA) is 127 Å². The fraction of sp³-hybridized carbons (Fsp3) is 0.238. The second-order valence-electron chi connectivity index (χ2n) is 7.60. The summed E-state index contributed by atoms with van der Waals surface area (Å²) < 4.78 is 53.1. The number of hydrogen-bond donors (Lipinski definition) is 3. The van der Waals surface area contributed by atoms with Gasteiger partial charge in [-0.3, -0.25) is 9.80 Å². The number of nitrogens with two attached hydrogens (primary N) is 2. The van der Waals surface area contributed by atoms with Crippen LogP contribution in [0.5, 0.6) is 0 Å². The second kappa shape index (κ2) is 9.47. The lowest BCUT2D eigenvalue weighted by Crippen LogP contribution is -2.44. The van der Waals surface area contributed by atoms with Crippen molar-refractivity contribution >= 4 is 17.6 Å². The number of benzene rings is 1. The van der Waals surface area contributed by atoms with E-state index in [1.54, 1.807) is 12.1 Å². The summed E-state index contributed by atoms with van der Waals surface area (Å²) in [7, 11) is 0. The highest BCUT2D eigenvalue weighted by molar-refractivity contribution is 6.05. The normalized spacial score (nSPS) is 12.2. The molecule has 0 aliphatic rings. The van der Waals surface area contributed by atoms with Crippen molar-refractivity contribution in [3.8, 4) is 11.1 Å².